The molecule has 0 fully saturated rings. The van der Waals surface area contributed by atoms with Crippen molar-refractivity contribution in [2.24, 2.45) is 0 Å². The molecule has 1 aromatic carbocycles. The van der Waals surface area contributed by atoms with Gasteiger partial charge in [-0.1, -0.05) is 0 Å². The van der Waals surface area contributed by atoms with Gasteiger partial charge < -0.3 is 5.11 Å². The minimum absolute atomic E-state index is 0. The second-order valence-electron chi connectivity index (χ2n) is 3.08. The van der Waals surface area contributed by atoms with E-state index in [-0.39, 0.29) is 51.1 Å². The van der Waals surface area contributed by atoms with Gasteiger partial charge in [0.1, 0.15) is 10.4 Å². The average Bonchev–Trinajstić information content (AvgIpc) is 2.22. The number of aromatic nitrogens is 1. The number of nitrogens with zero attached hydrogens (tertiary/aromatic N) is 1. The van der Waals surface area contributed by atoms with Gasteiger partial charge in [-0.2, -0.15) is 8.42 Å². The van der Waals surface area contributed by atoms with Gasteiger partial charge in [-0.05, 0) is 40.8 Å². The van der Waals surface area contributed by atoms with Gasteiger partial charge in [0.05, 0.1) is 3.57 Å². The number of fused-ring (bicyclic) bond motifs is 1. The molecule has 0 aliphatic rings. The van der Waals surface area contributed by atoms with E-state index >= 15 is 0 Å². The fourth-order valence-electron chi connectivity index (χ4n) is 1.38. The van der Waals surface area contributed by atoms with E-state index in [1.54, 1.807) is 22.6 Å². The molecule has 0 unspecified atom stereocenters. The minimum atomic E-state index is -4.32. The zero-order valence-corrected chi connectivity index (χ0v) is 13.7. The van der Waals surface area contributed by atoms with Crippen molar-refractivity contribution in [3.8, 4) is 5.75 Å². The number of benzene rings is 1. The molecule has 84 valence electrons. The summed E-state index contributed by atoms with van der Waals surface area (Å²) in [5, 5.41) is 9.90. The van der Waals surface area contributed by atoms with Gasteiger partial charge in [0.15, 0.2) is 5.75 Å². The van der Waals surface area contributed by atoms with Crippen LogP contribution in [0.15, 0.2) is 29.3 Å². The molecule has 17 heavy (non-hydrogen) atoms. The molecular formula is C9H6INNaO4S+. The molecule has 0 atom stereocenters. The molecule has 0 spiro atoms. The van der Waals surface area contributed by atoms with Crippen LogP contribution >= 0.6 is 22.6 Å². The van der Waals surface area contributed by atoms with Gasteiger partial charge in [0.25, 0.3) is 10.1 Å². The maximum atomic E-state index is 11.2. The van der Waals surface area contributed by atoms with Crippen LogP contribution in [0.2, 0.25) is 0 Å². The van der Waals surface area contributed by atoms with E-state index in [1.807, 2.05) is 0 Å². The summed E-state index contributed by atoms with van der Waals surface area (Å²) in [6, 6.07) is 4.21. The van der Waals surface area contributed by atoms with E-state index in [4.69, 9.17) is 4.55 Å². The summed E-state index contributed by atoms with van der Waals surface area (Å²) >= 11 is 1.77. The number of pyridine rings is 1. The van der Waals surface area contributed by atoms with Gasteiger partial charge in [0.2, 0.25) is 0 Å². The van der Waals surface area contributed by atoms with Crippen LogP contribution in [0.5, 0.6) is 5.75 Å². The Labute approximate surface area is 133 Å². The van der Waals surface area contributed by atoms with Crippen LogP contribution in [0.4, 0.5) is 0 Å². The monoisotopic (exact) mass is 374 g/mol. The van der Waals surface area contributed by atoms with Gasteiger partial charge in [0, 0.05) is 11.6 Å². The fourth-order valence-corrected chi connectivity index (χ4v) is 2.87. The molecule has 0 bridgehead atoms. The number of rotatable bonds is 1. The topological polar surface area (TPSA) is 87.5 Å². The Morgan fingerprint density at radius 2 is 2.00 bits per heavy atom. The molecule has 0 aliphatic heterocycles. The Morgan fingerprint density at radius 3 is 2.59 bits per heavy atom. The van der Waals surface area contributed by atoms with Crippen LogP contribution in [-0.2, 0) is 10.1 Å². The van der Waals surface area contributed by atoms with Crippen molar-refractivity contribution in [3.05, 3.63) is 28.0 Å². The van der Waals surface area contributed by atoms with E-state index < -0.39 is 10.1 Å². The number of phenols is 1. The van der Waals surface area contributed by atoms with Crippen molar-refractivity contribution in [1.29, 1.82) is 0 Å². The summed E-state index contributed by atoms with van der Waals surface area (Å²) in [4.78, 5) is 3.63. The Hall–Kier alpha value is 0.0700. The van der Waals surface area contributed by atoms with Crippen LogP contribution in [0.25, 0.3) is 10.9 Å². The number of phenolic OH excluding ortho intramolecular Hbond substituents is 1. The quantitative estimate of drug-likeness (QED) is 0.372. The van der Waals surface area contributed by atoms with Crippen LogP contribution in [0.1, 0.15) is 0 Å². The predicted molar refractivity (Wildman–Crippen MR) is 65.9 cm³/mol. The molecule has 0 saturated carbocycles. The zero-order chi connectivity index (χ0) is 11.9. The first-order valence-corrected chi connectivity index (χ1v) is 6.67. The molecule has 5 nitrogen and oxygen atoms in total. The van der Waals surface area contributed by atoms with Crippen LogP contribution in [-0.4, -0.2) is 23.1 Å². The van der Waals surface area contributed by atoms with Crippen molar-refractivity contribution < 1.29 is 47.6 Å². The first kappa shape index (κ1) is 15.1. The van der Waals surface area contributed by atoms with Crippen LogP contribution in [0.3, 0.4) is 0 Å². The molecule has 8 heteroatoms. The minimum Gasteiger partial charge on any atom is -0.505 e. The first-order chi connectivity index (χ1) is 7.41. The molecule has 0 saturated heterocycles. The molecule has 2 N–H and O–H groups in total. The third kappa shape index (κ3) is 2.91. The fraction of sp³-hybridized carbons (Fsp3) is 0. The van der Waals surface area contributed by atoms with E-state index in [2.05, 4.69) is 4.98 Å². The largest absolute Gasteiger partial charge is 1.00 e. The molecule has 2 aromatic rings. The smallest absolute Gasteiger partial charge is 0.505 e. The first-order valence-electron chi connectivity index (χ1n) is 4.15. The average molecular weight is 374 g/mol. The maximum absolute atomic E-state index is 11.2. The Kier molecular flexibility index (Phi) is 4.78. The molecular weight excluding hydrogens is 368 g/mol. The molecule has 0 amide bonds. The number of aromatic hydroxyl groups is 1. The summed E-state index contributed by atoms with van der Waals surface area (Å²) in [5.74, 6) is -0.0939. The summed E-state index contributed by atoms with van der Waals surface area (Å²) in [5.41, 5.74) is 0.155. The molecule has 0 aliphatic carbocycles. The van der Waals surface area contributed by atoms with E-state index in [9.17, 15) is 13.5 Å². The van der Waals surface area contributed by atoms with Gasteiger partial charge >= 0.3 is 29.6 Å². The summed E-state index contributed by atoms with van der Waals surface area (Å²) in [6.07, 6.45) is 1.44. The molecule has 2 rings (SSSR count). The van der Waals surface area contributed by atoms with Gasteiger partial charge in [-0.3, -0.25) is 9.54 Å². The SMILES string of the molecule is O=S(=O)(O)c1cc(I)c(O)c2ncccc12.[Na+]. The summed E-state index contributed by atoms with van der Waals surface area (Å²) in [7, 11) is -4.32. The number of hydrogen-bond acceptors (Lipinski definition) is 4. The third-order valence-electron chi connectivity index (χ3n) is 2.06. The van der Waals surface area contributed by atoms with Crippen LogP contribution in [0, 0.1) is 3.57 Å². The normalized spacial score (nSPS) is 11.2. The second-order valence-corrected chi connectivity index (χ2v) is 5.63. The van der Waals surface area contributed by atoms with Crippen molar-refractivity contribution in [2.75, 3.05) is 0 Å². The van der Waals surface area contributed by atoms with Crippen molar-refractivity contribution in [2.45, 2.75) is 4.90 Å². The Balaban J connectivity index is 0.00000144. The zero-order valence-electron chi connectivity index (χ0n) is 8.75. The second kappa shape index (κ2) is 5.37. The third-order valence-corrected chi connectivity index (χ3v) is 3.78. The number of hydrogen-bond donors (Lipinski definition) is 2. The van der Waals surface area contributed by atoms with Crippen molar-refractivity contribution in [3.63, 3.8) is 0 Å². The molecule has 1 aromatic heterocycles. The summed E-state index contributed by atoms with van der Waals surface area (Å²) in [6.45, 7) is 0. The Bertz CT molecular complexity index is 674. The van der Waals surface area contributed by atoms with Crippen molar-refractivity contribution >= 4 is 43.6 Å². The van der Waals surface area contributed by atoms with Gasteiger partial charge in [-0.25, -0.2) is 0 Å². The van der Waals surface area contributed by atoms with E-state index in [0.717, 1.165) is 0 Å². The molecule has 0 radical (unpaired) electrons. The Morgan fingerprint density at radius 1 is 1.35 bits per heavy atom. The van der Waals surface area contributed by atoms with Crippen molar-refractivity contribution in [1.82, 2.24) is 4.98 Å². The standard InChI is InChI=1S/C9H6INO4S.Na/c10-6-4-7(16(13,14)15)5-2-1-3-11-8(5)9(6)12;/h1-4,12H,(H,13,14,15);/q;+1. The van der Waals surface area contributed by atoms with E-state index in [1.165, 1.54) is 24.4 Å². The molecule has 1 heterocycles. The van der Waals surface area contributed by atoms with E-state index in [0.29, 0.717) is 3.57 Å². The maximum Gasteiger partial charge on any atom is 1.00 e. The summed E-state index contributed by atoms with van der Waals surface area (Å²) < 4.78 is 31.7. The van der Waals surface area contributed by atoms with Gasteiger partial charge in [-0.15, -0.1) is 0 Å². The number of halogens is 1. The van der Waals surface area contributed by atoms with Crippen LogP contribution < -0.4 is 29.6 Å². The predicted octanol–water partition coefficient (Wildman–Crippen LogP) is -1.20.